The highest BCUT2D eigenvalue weighted by molar-refractivity contribution is 5.83. The molecule has 0 saturated heterocycles. The summed E-state index contributed by atoms with van der Waals surface area (Å²) in [5.74, 6) is 0.605. The number of ether oxygens (including phenoxy) is 1. The summed E-state index contributed by atoms with van der Waals surface area (Å²) in [6.45, 7) is 0. The third-order valence-electron chi connectivity index (χ3n) is 2.06. The van der Waals surface area contributed by atoms with E-state index in [2.05, 4.69) is 15.3 Å². The number of nitriles is 1. The molecule has 2 N–H and O–H groups in total. The van der Waals surface area contributed by atoms with Crippen LogP contribution in [-0.4, -0.2) is 21.2 Å². The smallest absolute Gasteiger partial charge is 0.409 e. The lowest BCUT2D eigenvalue weighted by Gasteiger charge is -2.06. The number of aromatic nitrogens is 2. The Balaban J connectivity index is 2.18. The molecule has 1 amide bonds. The van der Waals surface area contributed by atoms with Gasteiger partial charge in [-0.1, -0.05) is 6.07 Å². The molecular formula is C12H8N4O3. The highest BCUT2D eigenvalue weighted by Gasteiger charge is 2.03. The van der Waals surface area contributed by atoms with Gasteiger partial charge >= 0.3 is 6.09 Å². The van der Waals surface area contributed by atoms with E-state index in [0.717, 1.165) is 0 Å². The zero-order valence-corrected chi connectivity index (χ0v) is 9.57. The second-order valence-corrected chi connectivity index (χ2v) is 3.41. The van der Waals surface area contributed by atoms with Crippen molar-refractivity contribution in [1.29, 1.82) is 5.26 Å². The molecule has 2 aromatic rings. The molecule has 0 spiro atoms. The van der Waals surface area contributed by atoms with Crippen LogP contribution in [0, 0.1) is 11.3 Å². The molecule has 0 radical (unpaired) electrons. The van der Waals surface area contributed by atoms with Gasteiger partial charge in [0.15, 0.2) is 0 Å². The summed E-state index contributed by atoms with van der Waals surface area (Å²) in [6.07, 6.45) is 0.0544. The molecule has 0 unspecified atom stereocenters. The number of carbonyl (C=O) groups is 1. The minimum atomic E-state index is -1.16. The van der Waals surface area contributed by atoms with Crippen molar-refractivity contribution in [2.45, 2.75) is 0 Å². The number of hydrogen-bond acceptors (Lipinski definition) is 5. The van der Waals surface area contributed by atoms with Crippen molar-refractivity contribution in [3.05, 3.63) is 42.4 Å². The van der Waals surface area contributed by atoms with E-state index in [1.807, 2.05) is 6.07 Å². The number of benzene rings is 1. The van der Waals surface area contributed by atoms with E-state index < -0.39 is 6.09 Å². The maximum atomic E-state index is 10.5. The molecule has 1 aromatic heterocycles. The maximum absolute atomic E-state index is 10.5. The summed E-state index contributed by atoms with van der Waals surface area (Å²) >= 11 is 0. The molecule has 0 saturated carbocycles. The van der Waals surface area contributed by atoms with Crippen molar-refractivity contribution in [2.24, 2.45) is 0 Å². The largest absolute Gasteiger partial charge is 0.465 e. The van der Waals surface area contributed by atoms with Gasteiger partial charge in [-0.15, -0.1) is 0 Å². The van der Waals surface area contributed by atoms with E-state index in [1.54, 1.807) is 18.2 Å². The molecule has 1 heterocycles. The van der Waals surface area contributed by atoms with Crippen molar-refractivity contribution < 1.29 is 14.6 Å². The van der Waals surface area contributed by atoms with Crippen molar-refractivity contribution >= 4 is 11.8 Å². The molecule has 94 valence electrons. The van der Waals surface area contributed by atoms with Gasteiger partial charge < -0.3 is 9.84 Å². The Morgan fingerprint density at radius 2 is 2.21 bits per heavy atom. The Bertz CT molecular complexity index is 651. The predicted octanol–water partition coefficient (Wildman–Crippen LogP) is 2.23. The van der Waals surface area contributed by atoms with E-state index in [0.29, 0.717) is 11.4 Å². The van der Waals surface area contributed by atoms with E-state index >= 15 is 0 Å². The molecule has 0 aliphatic carbocycles. The van der Waals surface area contributed by atoms with Crippen molar-refractivity contribution in [3.8, 4) is 17.7 Å². The minimum Gasteiger partial charge on any atom is -0.465 e. The average Bonchev–Trinajstić information content (AvgIpc) is 2.38. The SMILES string of the molecule is N#Cc1cc(Oc2cccc(NC(=O)O)c2)ncn1. The monoisotopic (exact) mass is 256 g/mol. The third kappa shape index (κ3) is 3.41. The van der Waals surface area contributed by atoms with E-state index in [9.17, 15) is 4.79 Å². The van der Waals surface area contributed by atoms with Gasteiger partial charge in [0.25, 0.3) is 0 Å². The lowest BCUT2D eigenvalue weighted by Crippen LogP contribution is -2.06. The first-order chi connectivity index (χ1) is 9.17. The minimum absolute atomic E-state index is 0.185. The number of nitrogens with one attached hydrogen (secondary N) is 1. The number of carboxylic acid groups (broad SMARTS) is 1. The van der Waals surface area contributed by atoms with Gasteiger partial charge in [-0.25, -0.2) is 14.8 Å². The van der Waals surface area contributed by atoms with E-state index in [1.165, 1.54) is 18.5 Å². The third-order valence-corrected chi connectivity index (χ3v) is 2.06. The topological polar surface area (TPSA) is 108 Å². The van der Waals surface area contributed by atoms with Crippen LogP contribution >= 0.6 is 0 Å². The van der Waals surface area contributed by atoms with Gasteiger partial charge in [0, 0.05) is 17.8 Å². The first-order valence-electron chi connectivity index (χ1n) is 5.17. The molecule has 0 atom stereocenters. The molecule has 2 rings (SSSR count). The summed E-state index contributed by atoms with van der Waals surface area (Å²) in [6, 6.07) is 9.61. The second-order valence-electron chi connectivity index (χ2n) is 3.41. The quantitative estimate of drug-likeness (QED) is 0.871. The zero-order valence-electron chi connectivity index (χ0n) is 9.57. The molecule has 0 fully saturated rings. The summed E-state index contributed by atoms with van der Waals surface area (Å²) in [4.78, 5) is 18.1. The van der Waals surface area contributed by atoms with Gasteiger partial charge in [0.1, 0.15) is 23.8 Å². The molecule has 0 bridgehead atoms. The normalized spacial score (nSPS) is 9.42. The van der Waals surface area contributed by atoms with Crippen LogP contribution in [0.2, 0.25) is 0 Å². The van der Waals surface area contributed by atoms with E-state index in [-0.39, 0.29) is 11.6 Å². The van der Waals surface area contributed by atoms with Gasteiger partial charge in [0.2, 0.25) is 5.88 Å². The maximum Gasteiger partial charge on any atom is 0.409 e. The fourth-order valence-corrected chi connectivity index (χ4v) is 1.34. The summed E-state index contributed by atoms with van der Waals surface area (Å²) in [5, 5.41) is 19.5. The van der Waals surface area contributed by atoms with Crippen molar-refractivity contribution in [1.82, 2.24) is 9.97 Å². The Labute approximate surface area is 108 Å². The van der Waals surface area contributed by atoms with Crippen LogP contribution in [0.1, 0.15) is 5.69 Å². The van der Waals surface area contributed by atoms with Crippen LogP contribution in [0.3, 0.4) is 0 Å². The molecular weight excluding hydrogens is 248 g/mol. The Morgan fingerprint density at radius 3 is 2.95 bits per heavy atom. The fourth-order valence-electron chi connectivity index (χ4n) is 1.34. The van der Waals surface area contributed by atoms with Gasteiger partial charge in [0.05, 0.1) is 0 Å². The predicted molar refractivity (Wildman–Crippen MR) is 64.9 cm³/mol. The van der Waals surface area contributed by atoms with Crippen LogP contribution in [0.15, 0.2) is 36.7 Å². The number of anilines is 1. The molecule has 1 aromatic carbocycles. The first kappa shape index (κ1) is 12.3. The first-order valence-corrected chi connectivity index (χ1v) is 5.17. The lowest BCUT2D eigenvalue weighted by atomic mass is 10.3. The van der Waals surface area contributed by atoms with Crippen LogP contribution in [-0.2, 0) is 0 Å². The highest BCUT2D eigenvalue weighted by Crippen LogP contribution is 2.22. The number of amides is 1. The molecule has 19 heavy (non-hydrogen) atoms. The average molecular weight is 256 g/mol. The van der Waals surface area contributed by atoms with Crippen LogP contribution in [0.4, 0.5) is 10.5 Å². The molecule has 7 heteroatoms. The number of rotatable bonds is 3. The van der Waals surface area contributed by atoms with E-state index in [4.69, 9.17) is 15.1 Å². The Morgan fingerprint density at radius 1 is 1.37 bits per heavy atom. The van der Waals surface area contributed by atoms with Gasteiger partial charge in [-0.3, -0.25) is 5.32 Å². The molecule has 0 aliphatic rings. The van der Waals surface area contributed by atoms with Gasteiger partial charge in [-0.05, 0) is 12.1 Å². The van der Waals surface area contributed by atoms with Gasteiger partial charge in [-0.2, -0.15) is 5.26 Å². The van der Waals surface area contributed by atoms with Crippen molar-refractivity contribution in [3.63, 3.8) is 0 Å². The Hall–Kier alpha value is -3.14. The summed E-state index contributed by atoms with van der Waals surface area (Å²) < 4.78 is 5.41. The van der Waals surface area contributed by atoms with Crippen molar-refractivity contribution in [2.75, 3.05) is 5.32 Å². The molecule has 0 aliphatic heterocycles. The lowest BCUT2D eigenvalue weighted by molar-refractivity contribution is 0.210. The summed E-state index contributed by atoms with van der Waals surface area (Å²) in [5.41, 5.74) is 0.560. The molecule has 7 nitrogen and oxygen atoms in total. The number of nitrogens with zero attached hydrogens (tertiary/aromatic N) is 3. The van der Waals surface area contributed by atoms with Crippen LogP contribution in [0.25, 0.3) is 0 Å². The van der Waals surface area contributed by atoms with Crippen LogP contribution < -0.4 is 10.1 Å². The second kappa shape index (κ2) is 5.46. The fraction of sp³-hybridized carbons (Fsp3) is 0. The highest BCUT2D eigenvalue weighted by atomic mass is 16.5. The van der Waals surface area contributed by atoms with Crippen LogP contribution in [0.5, 0.6) is 11.6 Å². The zero-order chi connectivity index (χ0) is 13.7. The standard InChI is InChI=1S/C12H8N4O3/c13-6-9-5-11(15-7-14-9)19-10-3-1-2-8(4-10)16-12(17)18/h1-5,7,16H,(H,17,18). The summed E-state index contributed by atoms with van der Waals surface area (Å²) in [7, 11) is 0. The number of hydrogen-bond donors (Lipinski definition) is 2. The Kier molecular flexibility index (Phi) is 3.54.